The van der Waals surface area contributed by atoms with Crippen LogP contribution in [0.25, 0.3) is 28.5 Å². The summed E-state index contributed by atoms with van der Waals surface area (Å²) in [7, 11) is 0. The van der Waals surface area contributed by atoms with E-state index >= 15 is 0 Å². The van der Waals surface area contributed by atoms with E-state index in [1.807, 2.05) is 24.3 Å². The zero-order chi connectivity index (χ0) is 21.6. The van der Waals surface area contributed by atoms with Gasteiger partial charge in [0.15, 0.2) is 11.6 Å². The highest BCUT2D eigenvalue weighted by Gasteiger charge is 2.17. The first-order valence-electron chi connectivity index (χ1n) is 10.7. The van der Waals surface area contributed by atoms with Crippen molar-refractivity contribution in [3.05, 3.63) is 87.3 Å². The van der Waals surface area contributed by atoms with Crippen LogP contribution >= 0.6 is 31.9 Å². The van der Waals surface area contributed by atoms with Gasteiger partial charge >= 0.3 is 0 Å². The molecule has 0 aliphatic heterocycles. The smallest absolute Gasteiger partial charge is 0.168 e. The lowest BCUT2D eigenvalue weighted by Gasteiger charge is -2.12. The molecule has 3 aromatic carbocycles. The van der Waals surface area contributed by atoms with Crippen LogP contribution in [0, 0.1) is 0 Å². The van der Waals surface area contributed by atoms with E-state index in [4.69, 9.17) is 0 Å². The Morgan fingerprint density at radius 1 is 0.645 bits per heavy atom. The molecule has 158 valence electrons. The van der Waals surface area contributed by atoms with E-state index in [2.05, 4.69) is 102 Å². The van der Waals surface area contributed by atoms with Crippen LogP contribution in [0.4, 0.5) is 0 Å². The summed E-state index contributed by atoms with van der Waals surface area (Å²) >= 11 is 7.04. The fourth-order valence-corrected chi connectivity index (χ4v) is 4.20. The van der Waals surface area contributed by atoms with Crippen molar-refractivity contribution in [1.82, 2.24) is 14.8 Å². The number of aryl methyl sites for hydroxylation is 1. The van der Waals surface area contributed by atoms with Crippen LogP contribution in [-0.4, -0.2) is 14.8 Å². The zero-order valence-corrected chi connectivity index (χ0v) is 20.7. The van der Waals surface area contributed by atoms with E-state index < -0.39 is 0 Å². The molecule has 0 amide bonds. The van der Waals surface area contributed by atoms with Crippen LogP contribution in [0.15, 0.2) is 81.7 Å². The molecule has 4 rings (SSSR count). The predicted octanol–water partition coefficient (Wildman–Crippen LogP) is 8.25. The minimum atomic E-state index is 0.834. The minimum Gasteiger partial charge on any atom is -0.275 e. The first kappa shape index (κ1) is 22.0. The molecule has 0 bridgehead atoms. The number of rotatable bonds is 8. The van der Waals surface area contributed by atoms with Gasteiger partial charge in [0.05, 0.1) is 0 Å². The van der Waals surface area contributed by atoms with Crippen molar-refractivity contribution in [1.29, 1.82) is 0 Å². The van der Waals surface area contributed by atoms with Crippen molar-refractivity contribution in [2.45, 2.75) is 39.0 Å². The Balaban J connectivity index is 1.72. The van der Waals surface area contributed by atoms with Crippen LogP contribution in [0.5, 0.6) is 0 Å². The van der Waals surface area contributed by atoms with Gasteiger partial charge in [-0.1, -0.05) is 94.4 Å². The Morgan fingerprint density at radius 3 is 1.65 bits per heavy atom. The average molecular weight is 539 g/mol. The molecule has 0 saturated carbocycles. The molecule has 0 aliphatic rings. The summed E-state index contributed by atoms with van der Waals surface area (Å²) in [6.07, 6.45) is 6.25. The maximum atomic E-state index is 4.57. The maximum Gasteiger partial charge on any atom is 0.168 e. The highest BCUT2D eigenvalue weighted by Crippen LogP contribution is 2.30. The second-order valence-electron chi connectivity index (χ2n) is 7.67. The number of halogens is 2. The third-order valence-corrected chi connectivity index (χ3v) is 6.44. The van der Waals surface area contributed by atoms with Gasteiger partial charge in [-0.3, -0.25) is 4.57 Å². The molecular formula is C26H25Br2N3. The lowest BCUT2D eigenvalue weighted by Crippen LogP contribution is -2.01. The fourth-order valence-electron chi connectivity index (χ4n) is 3.67. The molecule has 0 fully saturated rings. The number of hydrogen-bond acceptors (Lipinski definition) is 2. The summed E-state index contributed by atoms with van der Waals surface area (Å²) in [5.41, 5.74) is 4.51. The standard InChI is InChI=1S/C26H25Br2N3/c1-2-3-4-5-6-19-7-17-24(18-8-19)31-25(20-9-13-22(27)14-10-20)29-30-26(31)21-11-15-23(28)16-12-21/h7-18H,2-6H2,1H3. The number of aromatic nitrogens is 3. The first-order valence-corrected chi connectivity index (χ1v) is 12.3. The number of nitrogens with zero attached hydrogens (tertiary/aromatic N) is 3. The molecule has 0 unspecified atom stereocenters. The summed E-state index contributed by atoms with van der Waals surface area (Å²) < 4.78 is 4.23. The molecule has 0 aliphatic carbocycles. The number of unbranched alkanes of at least 4 members (excludes halogenated alkanes) is 3. The van der Waals surface area contributed by atoms with Crippen molar-refractivity contribution in [2.75, 3.05) is 0 Å². The number of benzene rings is 3. The molecule has 0 spiro atoms. The Labute approximate surface area is 200 Å². The van der Waals surface area contributed by atoms with Gasteiger partial charge in [0.1, 0.15) is 0 Å². The van der Waals surface area contributed by atoms with E-state index in [0.717, 1.165) is 43.8 Å². The van der Waals surface area contributed by atoms with E-state index in [0.29, 0.717) is 0 Å². The van der Waals surface area contributed by atoms with E-state index in [9.17, 15) is 0 Å². The Morgan fingerprint density at radius 2 is 1.16 bits per heavy atom. The van der Waals surface area contributed by atoms with E-state index in [1.54, 1.807) is 0 Å². The van der Waals surface area contributed by atoms with Gasteiger partial charge in [0.25, 0.3) is 0 Å². The Bertz CT molecular complexity index is 1050. The molecule has 31 heavy (non-hydrogen) atoms. The molecule has 0 saturated heterocycles. The van der Waals surface area contributed by atoms with Crippen LogP contribution in [0.1, 0.15) is 38.2 Å². The average Bonchev–Trinajstić information content (AvgIpc) is 3.23. The lowest BCUT2D eigenvalue weighted by atomic mass is 10.1. The van der Waals surface area contributed by atoms with Gasteiger partial charge in [-0.15, -0.1) is 10.2 Å². The normalized spacial score (nSPS) is 11.1. The Hall–Kier alpha value is -2.24. The third-order valence-electron chi connectivity index (χ3n) is 5.38. The van der Waals surface area contributed by atoms with Crippen LogP contribution in [0.2, 0.25) is 0 Å². The molecule has 0 N–H and O–H groups in total. The van der Waals surface area contributed by atoms with Crippen LogP contribution < -0.4 is 0 Å². The zero-order valence-electron chi connectivity index (χ0n) is 17.6. The van der Waals surface area contributed by atoms with Gasteiger partial charge in [0, 0.05) is 25.8 Å². The molecule has 3 nitrogen and oxygen atoms in total. The minimum absolute atomic E-state index is 0.834. The highest BCUT2D eigenvalue weighted by molar-refractivity contribution is 9.10. The second-order valence-corrected chi connectivity index (χ2v) is 9.50. The second kappa shape index (κ2) is 10.4. The van der Waals surface area contributed by atoms with Gasteiger partial charge in [0.2, 0.25) is 0 Å². The summed E-state index contributed by atoms with van der Waals surface area (Å²) in [5.74, 6) is 1.67. The van der Waals surface area contributed by atoms with Crippen LogP contribution in [0.3, 0.4) is 0 Å². The van der Waals surface area contributed by atoms with Crippen molar-refractivity contribution in [2.24, 2.45) is 0 Å². The number of hydrogen-bond donors (Lipinski definition) is 0. The summed E-state index contributed by atoms with van der Waals surface area (Å²) in [6.45, 7) is 2.25. The van der Waals surface area contributed by atoms with E-state index in [-0.39, 0.29) is 0 Å². The van der Waals surface area contributed by atoms with E-state index in [1.165, 1.54) is 31.2 Å². The molecule has 4 aromatic rings. The van der Waals surface area contributed by atoms with Gasteiger partial charge < -0.3 is 0 Å². The topological polar surface area (TPSA) is 30.7 Å². The van der Waals surface area contributed by atoms with Crippen molar-refractivity contribution < 1.29 is 0 Å². The lowest BCUT2D eigenvalue weighted by molar-refractivity contribution is 0.667. The first-order chi connectivity index (χ1) is 15.2. The molecular weight excluding hydrogens is 514 g/mol. The molecule has 5 heteroatoms. The molecule has 1 heterocycles. The molecule has 0 atom stereocenters. The molecule has 1 aromatic heterocycles. The molecule has 0 radical (unpaired) electrons. The third kappa shape index (κ3) is 5.34. The van der Waals surface area contributed by atoms with Crippen molar-refractivity contribution in [3.63, 3.8) is 0 Å². The van der Waals surface area contributed by atoms with Crippen LogP contribution in [-0.2, 0) is 6.42 Å². The summed E-state index contributed by atoms with van der Waals surface area (Å²) in [6, 6.07) is 25.2. The highest BCUT2D eigenvalue weighted by atomic mass is 79.9. The van der Waals surface area contributed by atoms with Crippen molar-refractivity contribution >= 4 is 31.9 Å². The van der Waals surface area contributed by atoms with Gasteiger partial charge in [-0.2, -0.15) is 0 Å². The SMILES string of the molecule is CCCCCCc1ccc(-n2c(-c3ccc(Br)cc3)nnc2-c2ccc(Br)cc2)cc1. The van der Waals surface area contributed by atoms with Gasteiger partial charge in [-0.05, 0) is 54.8 Å². The largest absolute Gasteiger partial charge is 0.275 e. The predicted molar refractivity (Wildman–Crippen MR) is 135 cm³/mol. The summed E-state index contributed by atoms with van der Waals surface area (Å²) in [4.78, 5) is 0. The van der Waals surface area contributed by atoms with Gasteiger partial charge in [-0.25, -0.2) is 0 Å². The van der Waals surface area contributed by atoms with Crippen molar-refractivity contribution in [3.8, 4) is 28.5 Å². The monoisotopic (exact) mass is 537 g/mol. The quantitative estimate of drug-likeness (QED) is 0.211. The fraction of sp³-hybridized carbons (Fsp3) is 0.231. The maximum absolute atomic E-state index is 4.57. The Kier molecular flexibility index (Phi) is 7.36. The summed E-state index contributed by atoms with van der Waals surface area (Å²) in [5, 5.41) is 9.14.